The molecule has 0 fully saturated rings. The van der Waals surface area contributed by atoms with E-state index in [1.807, 2.05) is 0 Å². The minimum absolute atomic E-state index is 0.0260. The fourth-order valence-corrected chi connectivity index (χ4v) is 3.68. The Balaban J connectivity index is 1.67. The summed E-state index contributed by atoms with van der Waals surface area (Å²) in [7, 11) is 0. The van der Waals surface area contributed by atoms with E-state index in [9.17, 15) is 27.2 Å². The van der Waals surface area contributed by atoms with E-state index in [0.29, 0.717) is 15.7 Å². The summed E-state index contributed by atoms with van der Waals surface area (Å²) in [5, 5.41) is 2.42. The molecule has 0 spiro atoms. The van der Waals surface area contributed by atoms with Gasteiger partial charge in [0, 0.05) is 17.6 Å². The maximum absolute atomic E-state index is 13.7. The number of fused-ring (bicyclic) bond motifs is 3. The standard InChI is InChI=1S/C17H8F4N4O2S/c18-8-4-9(19)12(21)14(11(8)20)24-10(26)5-25-6-23-13-7-2-1-3-22-16(7)28-15(13)17(25)27/h1-4,6H,5H2,(H,24,26). The number of carbonyl (C=O) groups is 1. The topological polar surface area (TPSA) is 76.9 Å². The van der Waals surface area contributed by atoms with E-state index in [4.69, 9.17) is 0 Å². The molecule has 0 aliphatic rings. The van der Waals surface area contributed by atoms with Crippen LogP contribution in [0, 0.1) is 23.3 Å². The maximum Gasteiger partial charge on any atom is 0.271 e. The number of nitrogens with one attached hydrogen (secondary N) is 1. The van der Waals surface area contributed by atoms with Crippen LogP contribution in [0.1, 0.15) is 0 Å². The lowest BCUT2D eigenvalue weighted by Gasteiger charge is -2.10. The van der Waals surface area contributed by atoms with Crippen molar-refractivity contribution < 1.29 is 22.4 Å². The average molecular weight is 408 g/mol. The van der Waals surface area contributed by atoms with Crippen molar-refractivity contribution in [2.45, 2.75) is 6.54 Å². The van der Waals surface area contributed by atoms with Crippen molar-refractivity contribution in [2.75, 3.05) is 5.32 Å². The van der Waals surface area contributed by atoms with E-state index in [-0.39, 0.29) is 10.8 Å². The second-order valence-electron chi connectivity index (χ2n) is 5.70. The van der Waals surface area contributed by atoms with Crippen LogP contribution in [-0.4, -0.2) is 20.4 Å². The van der Waals surface area contributed by atoms with Crippen LogP contribution in [-0.2, 0) is 11.3 Å². The van der Waals surface area contributed by atoms with Gasteiger partial charge in [-0.1, -0.05) is 0 Å². The number of hydrogen-bond acceptors (Lipinski definition) is 5. The van der Waals surface area contributed by atoms with E-state index >= 15 is 0 Å². The zero-order valence-electron chi connectivity index (χ0n) is 13.7. The number of anilines is 1. The number of nitrogens with zero attached hydrogens (tertiary/aromatic N) is 3. The molecule has 0 bridgehead atoms. The molecule has 1 N–H and O–H groups in total. The molecule has 0 saturated heterocycles. The zero-order valence-corrected chi connectivity index (χ0v) is 14.5. The molecule has 142 valence electrons. The molecule has 3 aromatic heterocycles. The van der Waals surface area contributed by atoms with E-state index in [2.05, 4.69) is 9.97 Å². The molecule has 0 unspecified atom stereocenters. The first-order valence-corrected chi connectivity index (χ1v) is 8.54. The van der Waals surface area contributed by atoms with Gasteiger partial charge < -0.3 is 5.32 Å². The minimum atomic E-state index is -1.75. The molecule has 0 radical (unpaired) electrons. The fourth-order valence-electron chi connectivity index (χ4n) is 2.63. The number of hydrogen-bond donors (Lipinski definition) is 1. The summed E-state index contributed by atoms with van der Waals surface area (Å²) in [5.74, 6) is -7.88. The lowest BCUT2D eigenvalue weighted by molar-refractivity contribution is -0.116. The van der Waals surface area contributed by atoms with E-state index in [0.717, 1.165) is 22.2 Å². The molecule has 0 aliphatic heterocycles. The lowest BCUT2D eigenvalue weighted by Crippen LogP contribution is -2.28. The molecular formula is C17H8F4N4O2S. The number of aromatic nitrogens is 3. The largest absolute Gasteiger partial charge is 0.319 e. The van der Waals surface area contributed by atoms with Crippen LogP contribution in [0.3, 0.4) is 0 Å². The van der Waals surface area contributed by atoms with Gasteiger partial charge >= 0.3 is 0 Å². The predicted octanol–water partition coefficient (Wildman–Crippen LogP) is 3.20. The number of carbonyl (C=O) groups excluding carboxylic acids is 1. The van der Waals surface area contributed by atoms with Crippen molar-refractivity contribution in [3.05, 3.63) is 64.3 Å². The normalized spacial score (nSPS) is 11.3. The van der Waals surface area contributed by atoms with Crippen LogP contribution in [0.15, 0.2) is 35.5 Å². The highest BCUT2D eigenvalue weighted by Gasteiger charge is 2.21. The Morgan fingerprint density at radius 2 is 1.86 bits per heavy atom. The van der Waals surface area contributed by atoms with Gasteiger partial charge in [0.2, 0.25) is 5.91 Å². The van der Waals surface area contributed by atoms with Crippen molar-refractivity contribution in [3.8, 4) is 0 Å². The minimum Gasteiger partial charge on any atom is -0.319 e. The van der Waals surface area contributed by atoms with Gasteiger partial charge in [0.05, 0.1) is 11.8 Å². The van der Waals surface area contributed by atoms with E-state index in [1.165, 1.54) is 0 Å². The predicted molar refractivity (Wildman–Crippen MR) is 94.1 cm³/mol. The highest BCUT2D eigenvalue weighted by molar-refractivity contribution is 7.25. The van der Waals surface area contributed by atoms with Gasteiger partial charge in [0.25, 0.3) is 5.56 Å². The van der Waals surface area contributed by atoms with Crippen molar-refractivity contribution in [1.82, 2.24) is 14.5 Å². The third kappa shape index (κ3) is 2.89. The molecule has 4 aromatic rings. The van der Waals surface area contributed by atoms with Crippen LogP contribution < -0.4 is 10.9 Å². The summed E-state index contributed by atoms with van der Waals surface area (Å²) in [6, 6.07) is 3.46. The first-order valence-electron chi connectivity index (χ1n) is 7.72. The molecule has 0 atom stereocenters. The molecule has 3 heterocycles. The van der Waals surface area contributed by atoms with Gasteiger partial charge in [-0.05, 0) is 12.1 Å². The van der Waals surface area contributed by atoms with E-state index in [1.54, 1.807) is 23.6 Å². The summed E-state index contributed by atoms with van der Waals surface area (Å²) >= 11 is 1.08. The second kappa shape index (κ2) is 6.68. The Kier molecular flexibility index (Phi) is 4.30. The highest BCUT2D eigenvalue weighted by Crippen LogP contribution is 2.28. The van der Waals surface area contributed by atoms with E-state index < -0.39 is 47.0 Å². The fraction of sp³-hybridized carbons (Fsp3) is 0.0588. The summed E-state index contributed by atoms with van der Waals surface area (Å²) in [6.45, 7) is -0.666. The molecular weight excluding hydrogens is 400 g/mol. The number of pyridine rings is 1. The Hall–Kier alpha value is -3.34. The maximum atomic E-state index is 13.7. The molecule has 1 amide bonds. The van der Waals surface area contributed by atoms with Crippen LogP contribution in [0.5, 0.6) is 0 Å². The van der Waals surface area contributed by atoms with Gasteiger partial charge in [0.15, 0.2) is 23.3 Å². The SMILES string of the molecule is O=C(Cn1cnc2c(sc3ncccc32)c1=O)Nc1c(F)c(F)cc(F)c1F. The van der Waals surface area contributed by atoms with Gasteiger partial charge in [-0.25, -0.2) is 27.5 Å². The highest BCUT2D eigenvalue weighted by atomic mass is 32.1. The van der Waals surface area contributed by atoms with Crippen molar-refractivity contribution in [1.29, 1.82) is 0 Å². The smallest absolute Gasteiger partial charge is 0.271 e. The van der Waals surface area contributed by atoms with Gasteiger partial charge in [-0.3, -0.25) is 14.2 Å². The summed E-state index contributed by atoms with van der Waals surface area (Å²) < 4.78 is 55.0. The zero-order chi connectivity index (χ0) is 20.0. The monoisotopic (exact) mass is 408 g/mol. The van der Waals surface area contributed by atoms with Crippen molar-refractivity contribution >= 4 is 43.4 Å². The van der Waals surface area contributed by atoms with Crippen LogP contribution >= 0.6 is 11.3 Å². The summed E-state index contributed by atoms with van der Waals surface area (Å²) in [6.07, 6.45) is 2.66. The third-order valence-corrected chi connectivity index (χ3v) is 5.00. The summed E-state index contributed by atoms with van der Waals surface area (Å²) in [5.41, 5.74) is -1.41. The van der Waals surface area contributed by atoms with Crippen LogP contribution in [0.4, 0.5) is 23.2 Å². The molecule has 0 aliphatic carbocycles. The van der Waals surface area contributed by atoms with Crippen LogP contribution in [0.2, 0.25) is 0 Å². The Labute approximate surface area is 157 Å². The average Bonchev–Trinajstić information content (AvgIpc) is 3.05. The Bertz CT molecular complexity index is 1290. The van der Waals surface area contributed by atoms with Gasteiger partial charge in [-0.2, -0.15) is 0 Å². The number of rotatable bonds is 3. The first-order chi connectivity index (χ1) is 13.4. The van der Waals surface area contributed by atoms with Gasteiger partial charge in [0.1, 0.15) is 21.8 Å². The number of thiophene rings is 1. The molecule has 1 aromatic carbocycles. The number of amides is 1. The molecule has 0 saturated carbocycles. The molecule has 4 rings (SSSR count). The third-order valence-electron chi connectivity index (χ3n) is 3.91. The van der Waals surface area contributed by atoms with Gasteiger partial charge in [-0.15, -0.1) is 11.3 Å². The van der Waals surface area contributed by atoms with Crippen molar-refractivity contribution in [2.24, 2.45) is 0 Å². The molecule has 6 nitrogen and oxygen atoms in total. The molecule has 28 heavy (non-hydrogen) atoms. The molecule has 11 heteroatoms. The number of halogens is 4. The quantitative estimate of drug-likeness (QED) is 0.417. The van der Waals surface area contributed by atoms with Crippen LogP contribution in [0.25, 0.3) is 20.4 Å². The van der Waals surface area contributed by atoms with Crippen molar-refractivity contribution in [3.63, 3.8) is 0 Å². The lowest BCUT2D eigenvalue weighted by atomic mass is 10.2. The Morgan fingerprint density at radius 3 is 2.57 bits per heavy atom. The Morgan fingerprint density at radius 1 is 1.14 bits per heavy atom. The first kappa shape index (κ1) is 18.0. The summed E-state index contributed by atoms with van der Waals surface area (Å²) in [4.78, 5) is 33.5. The number of benzene rings is 1. The second-order valence-corrected chi connectivity index (χ2v) is 6.70.